The summed E-state index contributed by atoms with van der Waals surface area (Å²) in [5.74, 6) is -3.22. The van der Waals surface area contributed by atoms with E-state index in [2.05, 4.69) is 43.5 Å². The minimum absolute atomic E-state index is 0.0188. The largest absolute Gasteiger partial charge is 0.480 e. The molecule has 8 N–H and O–H groups in total. The van der Waals surface area contributed by atoms with E-state index >= 15 is 0 Å². The summed E-state index contributed by atoms with van der Waals surface area (Å²) in [4.78, 5) is 59.1. The SMILES string of the molecule is CC(NC(=O)C(N)Cc1c[nH]c2ccccc12)C(=O)NC(CS)C(=O)NC(Cc1cnc[nH]1)C(=O)O. The normalized spacial score (nSPS) is 14.4. The summed E-state index contributed by atoms with van der Waals surface area (Å²) in [7, 11) is 0. The van der Waals surface area contributed by atoms with E-state index in [4.69, 9.17) is 5.73 Å². The van der Waals surface area contributed by atoms with Crippen LogP contribution in [0.5, 0.6) is 0 Å². The first-order valence-corrected chi connectivity index (χ1v) is 11.9. The molecule has 4 atom stereocenters. The third kappa shape index (κ3) is 6.86. The predicted molar refractivity (Wildman–Crippen MR) is 135 cm³/mol. The lowest BCUT2D eigenvalue weighted by atomic mass is 10.0. The molecule has 2 heterocycles. The average molecular weight is 516 g/mol. The number of carboxylic acids is 1. The molecule has 0 aliphatic rings. The molecule has 0 aliphatic carbocycles. The van der Waals surface area contributed by atoms with Crippen LogP contribution < -0.4 is 21.7 Å². The number of imidazole rings is 1. The highest BCUT2D eigenvalue weighted by Gasteiger charge is 2.28. The van der Waals surface area contributed by atoms with E-state index in [0.717, 1.165) is 16.5 Å². The summed E-state index contributed by atoms with van der Waals surface area (Å²) in [6, 6.07) is 3.37. The van der Waals surface area contributed by atoms with E-state index in [1.807, 2.05) is 24.3 Å². The number of fused-ring (bicyclic) bond motifs is 1. The van der Waals surface area contributed by atoms with Gasteiger partial charge in [0.15, 0.2) is 0 Å². The minimum Gasteiger partial charge on any atom is -0.480 e. The zero-order valence-electron chi connectivity index (χ0n) is 19.5. The molecule has 1 aromatic carbocycles. The number of benzene rings is 1. The molecule has 0 bridgehead atoms. The number of thiol groups is 1. The second-order valence-electron chi connectivity index (χ2n) is 8.32. The monoisotopic (exact) mass is 515 g/mol. The molecule has 0 spiro atoms. The Bertz CT molecular complexity index is 1210. The topological polar surface area (TPSA) is 195 Å². The van der Waals surface area contributed by atoms with Crippen LogP contribution in [0.2, 0.25) is 0 Å². The van der Waals surface area contributed by atoms with Gasteiger partial charge < -0.3 is 36.8 Å². The van der Waals surface area contributed by atoms with Crippen LogP contribution in [0, 0.1) is 0 Å². The zero-order valence-corrected chi connectivity index (χ0v) is 20.4. The van der Waals surface area contributed by atoms with Crippen molar-refractivity contribution in [1.29, 1.82) is 0 Å². The maximum atomic E-state index is 12.6. The van der Waals surface area contributed by atoms with Crippen molar-refractivity contribution in [1.82, 2.24) is 30.9 Å². The van der Waals surface area contributed by atoms with Crippen molar-refractivity contribution >= 4 is 47.2 Å². The van der Waals surface area contributed by atoms with Crippen LogP contribution >= 0.6 is 12.6 Å². The number of aromatic amines is 2. The van der Waals surface area contributed by atoms with Gasteiger partial charge in [-0.1, -0.05) is 18.2 Å². The van der Waals surface area contributed by atoms with Gasteiger partial charge in [-0.2, -0.15) is 12.6 Å². The van der Waals surface area contributed by atoms with Gasteiger partial charge in [0.05, 0.1) is 12.4 Å². The fourth-order valence-electron chi connectivity index (χ4n) is 3.60. The van der Waals surface area contributed by atoms with Crippen LogP contribution in [0.1, 0.15) is 18.2 Å². The fourth-order valence-corrected chi connectivity index (χ4v) is 3.85. The van der Waals surface area contributed by atoms with Crippen LogP contribution in [0.25, 0.3) is 10.9 Å². The lowest BCUT2D eigenvalue weighted by molar-refractivity contribution is -0.142. The number of nitrogens with zero attached hydrogens (tertiary/aromatic N) is 1. The number of carbonyl (C=O) groups is 4. The molecule has 13 heteroatoms. The van der Waals surface area contributed by atoms with Gasteiger partial charge in [0.1, 0.15) is 18.1 Å². The summed E-state index contributed by atoms with van der Waals surface area (Å²) < 4.78 is 0. The molecule has 2 aromatic heterocycles. The van der Waals surface area contributed by atoms with E-state index in [9.17, 15) is 24.3 Å². The molecule has 0 fully saturated rings. The van der Waals surface area contributed by atoms with E-state index in [1.54, 1.807) is 6.20 Å². The Labute approximate surface area is 212 Å². The van der Waals surface area contributed by atoms with Crippen molar-refractivity contribution in [2.75, 3.05) is 5.75 Å². The zero-order chi connectivity index (χ0) is 26.2. The van der Waals surface area contributed by atoms with Gasteiger partial charge in [0.25, 0.3) is 0 Å². The standard InChI is InChI=1S/C23H29N7O5S/c1-12(28-21(32)16(24)6-13-8-26-17-5-3-2-4-15(13)17)20(31)30-19(10-36)22(33)29-18(23(34)35)7-14-9-25-11-27-14/h2-5,8-9,11-12,16,18-19,26,36H,6-7,10,24H2,1H3,(H,25,27)(H,28,32)(H,29,33)(H,30,31)(H,34,35). The molecule has 4 unspecified atom stereocenters. The summed E-state index contributed by atoms with van der Waals surface area (Å²) >= 11 is 4.09. The number of carbonyl (C=O) groups excluding carboxylic acids is 3. The fraction of sp³-hybridized carbons (Fsp3) is 0.348. The highest BCUT2D eigenvalue weighted by Crippen LogP contribution is 2.18. The van der Waals surface area contributed by atoms with Gasteiger partial charge in [-0.15, -0.1) is 0 Å². The number of nitrogens with two attached hydrogens (primary N) is 1. The van der Waals surface area contributed by atoms with Gasteiger partial charge in [0, 0.05) is 41.2 Å². The first-order valence-electron chi connectivity index (χ1n) is 11.2. The van der Waals surface area contributed by atoms with Crippen LogP contribution in [-0.4, -0.2) is 73.7 Å². The molecule has 36 heavy (non-hydrogen) atoms. The molecule has 3 aromatic rings. The third-order valence-electron chi connectivity index (χ3n) is 5.61. The summed E-state index contributed by atoms with van der Waals surface area (Å²) in [5, 5.41) is 17.8. The maximum absolute atomic E-state index is 12.6. The number of rotatable bonds is 12. The molecule has 12 nitrogen and oxygen atoms in total. The van der Waals surface area contributed by atoms with Gasteiger partial charge in [-0.05, 0) is 25.0 Å². The molecule has 0 aliphatic heterocycles. The number of H-pyrrole nitrogens is 2. The first-order chi connectivity index (χ1) is 17.2. The third-order valence-corrected chi connectivity index (χ3v) is 5.98. The minimum atomic E-state index is -1.24. The van der Waals surface area contributed by atoms with Crippen molar-refractivity contribution in [3.8, 4) is 0 Å². The molecule has 3 rings (SSSR count). The average Bonchev–Trinajstić information content (AvgIpc) is 3.51. The number of hydrogen-bond donors (Lipinski definition) is 8. The van der Waals surface area contributed by atoms with Gasteiger partial charge in [0.2, 0.25) is 17.7 Å². The number of aliphatic carboxylic acids is 1. The Morgan fingerprint density at radius 1 is 1.03 bits per heavy atom. The van der Waals surface area contributed by atoms with Gasteiger partial charge in [-0.3, -0.25) is 14.4 Å². The number of amides is 3. The molecule has 0 saturated heterocycles. The summed E-state index contributed by atoms with van der Waals surface area (Å²) in [6.07, 6.45) is 4.89. The highest BCUT2D eigenvalue weighted by molar-refractivity contribution is 7.80. The van der Waals surface area contributed by atoms with Crippen molar-refractivity contribution < 1.29 is 24.3 Å². The molecule has 3 amide bonds. The van der Waals surface area contributed by atoms with Crippen molar-refractivity contribution in [3.05, 3.63) is 54.2 Å². The molecular formula is C23H29N7O5S. The molecule has 192 valence electrons. The highest BCUT2D eigenvalue weighted by atomic mass is 32.1. The number of hydrogen-bond acceptors (Lipinski definition) is 7. The Morgan fingerprint density at radius 3 is 2.42 bits per heavy atom. The van der Waals surface area contributed by atoms with Crippen LogP contribution in [-0.2, 0) is 32.0 Å². The summed E-state index contributed by atoms with van der Waals surface area (Å²) in [5.41, 5.74) is 8.39. The first kappa shape index (κ1) is 26.8. The lowest BCUT2D eigenvalue weighted by Gasteiger charge is -2.22. The number of carboxylic acid groups (broad SMARTS) is 1. The lowest BCUT2D eigenvalue weighted by Crippen LogP contribution is -2.57. The van der Waals surface area contributed by atoms with E-state index in [1.165, 1.54) is 19.4 Å². The Morgan fingerprint density at radius 2 is 1.75 bits per heavy atom. The summed E-state index contributed by atoms with van der Waals surface area (Å²) in [6.45, 7) is 1.46. The molecular weight excluding hydrogens is 486 g/mol. The molecule has 0 saturated carbocycles. The number of nitrogens with one attached hydrogen (secondary N) is 5. The van der Waals surface area contributed by atoms with E-state index in [-0.39, 0.29) is 18.6 Å². The van der Waals surface area contributed by atoms with Crippen LogP contribution in [0.4, 0.5) is 0 Å². The second-order valence-corrected chi connectivity index (χ2v) is 8.69. The smallest absolute Gasteiger partial charge is 0.326 e. The van der Waals surface area contributed by atoms with Gasteiger partial charge in [-0.25, -0.2) is 9.78 Å². The van der Waals surface area contributed by atoms with Crippen molar-refractivity contribution in [2.24, 2.45) is 5.73 Å². The number of aromatic nitrogens is 3. The maximum Gasteiger partial charge on any atom is 0.326 e. The predicted octanol–water partition coefficient (Wildman–Crippen LogP) is -0.508. The van der Waals surface area contributed by atoms with Crippen molar-refractivity contribution in [3.63, 3.8) is 0 Å². The number of para-hydroxylation sites is 1. The quantitative estimate of drug-likeness (QED) is 0.149. The van der Waals surface area contributed by atoms with Gasteiger partial charge >= 0.3 is 5.97 Å². The van der Waals surface area contributed by atoms with Crippen LogP contribution in [0.3, 0.4) is 0 Å². The molecule has 0 radical (unpaired) electrons. The van der Waals surface area contributed by atoms with E-state index in [0.29, 0.717) is 5.69 Å². The van der Waals surface area contributed by atoms with E-state index < -0.39 is 47.9 Å². The second kappa shape index (κ2) is 12.2. The Hall–Kier alpha value is -3.84. The van der Waals surface area contributed by atoms with Crippen molar-refractivity contribution in [2.45, 2.75) is 43.9 Å². The Balaban J connectivity index is 1.53. The van der Waals surface area contributed by atoms with Crippen LogP contribution in [0.15, 0.2) is 43.0 Å². The Kier molecular flexibility index (Phi) is 9.08.